The van der Waals surface area contributed by atoms with E-state index >= 15 is 0 Å². The van der Waals surface area contributed by atoms with Gasteiger partial charge < -0.3 is 15.0 Å². The highest BCUT2D eigenvalue weighted by Gasteiger charge is 2.33. The summed E-state index contributed by atoms with van der Waals surface area (Å²) in [6.07, 6.45) is -2.46. The van der Waals surface area contributed by atoms with Crippen LogP contribution in [-0.4, -0.2) is 23.1 Å². The molecule has 3 rings (SSSR count). The molecule has 1 fully saturated rings. The lowest BCUT2D eigenvalue weighted by molar-refractivity contribution is -0.137. The van der Waals surface area contributed by atoms with Crippen LogP contribution in [0.15, 0.2) is 42.5 Å². The number of anilines is 1. The highest BCUT2D eigenvalue weighted by Crippen LogP contribution is 2.34. The smallest absolute Gasteiger partial charge is 0.416 e. The number of amides is 1. The van der Waals surface area contributed by atoms with Crippen molar-refractivity contribution in [2.24, 2.45) is 0 Å². The van der Waals surface area contributed by atoms with Crippen molar-refractivity contribution in [2.45, 2.75) is 64.4 Å². The Hall–Kier alpha value is -2.77. The molecule has 0 radical (unpaired) electrons. The number of rotatable bonds is 4. The minimum absolute atomic E-state index is 0.254. The SMILES string of the molecule is CC(C)(C)OC(=O)N1CCCCC1c1ccc(NCc2ccc(C(F)(F)F)cc2)cc1F. The maximum absolute atomic E-state index is 15.0. The van der Waals surface area contributed by atoms with E-state index in [4.69, 9.17) is 4.74 Å². The van der Waals surface area contributed by atoms with E-state index in [2.05, 4.69) is 5.32 Å². The van der Waals surface area contributed by atoms with Gasteiger partial charge in [-0.1, -0.05) is 18.2 Å². The van der Waals surface area contributed by atoms with Crippen LogP contribution in [0.2, 0.25) is 0 Å². The van der Waals surface area contributed by atoms with Crippen molar-refractivity contribution in [1.29, 1.82) is 0 Å². The third-order valence-electron chi connectivity index (χ3n) is 5.27. The number of carbonyl (C=O) groups excluding carboxylic acids is 1. The van der Waals surface area contributed by atoms with Gasteiger partial charge in [-0.25, -0.2) is 9.18 Å². The van der Waals surface area contributed by atoms with Gasteiger partial charge >= 0.3 is 12.3 Å². The van der Waals surface area contributed by atoms with Gasteiger partial charge in [0.2, 0.25) is 0 Å². The highest BCUT2D eigenvalue weighted by molar-refractivity contribution is 5.69. The van der Waals surface area contributed by atoms with Gasteiger partial charge in [-0.3, -0.25) is 0 Å². The van der Waals surface area contributed by atoms with Crippen molar-refractivity contribution in [3.8, 4) is 0 Å². The zero-order valence-corrected chi connectivity index (χ0v) is 18.4. The van der Waals surface area contributed by atoms with Gasteiger partial charge in [0.15, 0.2) is 0 Å². The third kappa shape index (κ3) is 6.14. The summed E-state index contributed by atoms with van der Waals surface area (Å²) >= 11 is 0. The maximum Gasteiger partial charge on any atom is 0.416 e. The van der Waals surface area contributed by atoms with Crippen LogP contribution in [0.3, 0.4) is 0 Å². The molecule has 2 aromatic carbocycles. The lowest BCUT2D eigenvalue weighted by Crippen LogP contribution is -2.42. The molecule has 2 aromatic rings. The second-order valence-electron chi connectivity index (χ2n) is 8.97. The van der Waals surface area contributed by atoms with Crippen LogP contribution in [0.4, 0.5) is 28.0 Å². The van der Waals surface area contributed by atoms with Crippen LogP contribution in [0.1, 0.15) is 62.8 Å². The molecule has 1 aliphatic heterocycles. The summed E-state index contributed by atoms with van der Waals surface area (Å²) in [5, 5.41) is 3.03. The number of benzene rings is 2. The summed E-state index contributed by atoms with van der Waals surface area (Å²) in [4.78, 5) is 14.2. The van der Waals surface area contributed by atoms with Crippen LogP contribution >= 0.6 is 0 Å². The van der Waals surface area contributed by atoms with Crippen LogP contribution in [-0.2, 0) is 17.5 Å². The van der Waals surface area contributed by atoms with Crippen LogP contribution in [0, 0.1) is 5.82 Å². The van der Waals surface area contributed by atoms with Crippen molar-refractivity contribution in [3.05, 3.63) is 65.0 Å². The van der Waals surface area contributed by atoms with Gasteiger partial charge in [-0.2, -0.15) is 13.2 Å². The quantitative estimate of drug-likeness (QED) is 0.512. The standard InChI is InChI=1S/C24H28F4N2O2/c1-23(2,3)32-22(31)30-13-5-4-6-21(30)19-12-11-18(14-20(19)25)29-15-16-7-9-17(10-8-16)24(26,27)28/h7-12,14,21,29H,4-6,13,15H2,1-3H3. The molecule has 0 aromatic heterocycles. The number of nitrogens with one attached hydrogen (secondary N) is 1. The van der Waals surface area contributed by atoms with E-state index in [0.717, 1.165) is 25.0 Å². The Balaban J connectivity index is 1.69. The van der Waals surface area contributed by atoms with E-state index in [9.17, 15) is 22.4 Å². The number of halogens is 4. The van der Waals surface area contributed by atoms with Crippen LogP contribution in [0.25, 0.3) is 0 Å². The second-order valence-corrected chi connectivity index (χ2v) is 8.97. The first-order chi connectivity index (χ1) is 14.9. The molecule has 0 bridgehead atoms. The van der Waals surface area contributed by atoms with Crippen molar-refractivity contribution >= 4 is 11.8 Å². The van der Waals surface area contributed by atoms with E-state index in [1.165, 1.54) is 18.2 Å². The van der Waals surface area contributed by atoms with Gasteiger partial charge in [0.1, 0.15) is 11.4 Å². The fourth-order valence-electron chi connectivity index (χ4n) is 3.72. The Morgan fingerprint density at radius 1 is 1.09 bits per heavy atom. The number of carbonyl (C=O) groups is 1. The molecular weight excluding hydrogens is 424 g/mol. The van der Waals surface area contributed by atoms with Crippen molar-refractivity contribution in [1.82, 2.24) is 4.90 Å². The number of alkyl halides is 3. The molecule has 0 aliphatic carbocycles. The van der Waals surface area contributed by atoms with Crippen molar-refractivity contribution in [3.63, 3.8) is 0 Å². The molecule has 1 N–H and O–H groups in total. The van der Waals surface area contributed by atoms with E-state index < -0.39 is 35.3 Å². The minimum Gasteiger partial charge on any atom is -0.444 e. The number of nitrogens with zero attached hydrogens (tertiary/aromatic N) is 1. The number of hydrogen-bond donors (Lipinski definition) is 1. The fraction of sp³-hybridized carbons (Fsp3) is 0.458. The predicted octanol–water partition coefficient (Wildman–Crippen LogP) is 6.92. The number of hydrogen-bond acceptors (Lipinski definition) is 3. The molecular formula is C24H28F4N2O2. The topological polar surface area (TPSA) is 41.6 Å². The summed E-state index contributed by atoms with van der Waals surface area (Å²) in [6, 6.07) is 9.14. The predicted molar refractivity (Wildman–Crippen MR) is 115 cm³/mol. The molecule has 8 heteroatoms. The van der Waals surface area contributed by atoms with E-state index in [1.54, 1.807) is 37.8 Å². The monoisotopic (exact) mass is 452 g/mol. The van der Waals surface area contributed by atoms with Crippen LogP contribution < -0.4 is 5.32 Å². The maximum atomic E-state index is 15.0. The van der Waals surface area contributed by atoms with Gasteiger partial charge in [0.05, 0.1) is 11.6 Å². The zero-order chi connectivity index (χ0) is 23.5. The molecule has 1 aliphatic rings. The normalized spacial score (nSPS) is 17.2. The Bertz CT molecular complexity index is 936. The Kier molecular flexibility index (Phi) is 7.00. The summed E-state index contributed by atoms with van der Waals surface area (Å²) in [7, 11) is 0. The molecule has 1 saturated heterocycles. The average molecular weight is 452 g/mol. The molecule has 1 amide bonds. The first-order valence-corrected chi connectivity index (χ1v) is 10.6. The number of ether oxygens (including phenoxy) is 1. The molecule has 1 atom stereocenters. The largest absolute Gasteiger partial charge is 0.444 e. The summed E-state index contributed by atoms with van der Waals surface area (Å²) in [5.41, 5.74) is 0.231. The Labute approximate surface area is 185 Å². The third-order valence-corrected chi connectivity index (χ3v) is 5.27. The fourth-order valence-corrected chi connectivity index (χ4v) is 3.72. The second kappa shape index (κ2) is 9.38. The van der Waals surface area contributed by atoms with Crippen LogP contribution in [0.5, 0.6) is 0 Å². The zero-order valence-electron chi connectivity index (χ0n) is 18.4. The van der Waals surface area contributed by atoms with E-state index in [0.29, 0.717) is 29.8 Å². The minimum atomic E-state index is -4.38. The first kappa shape index (κ1) is 23.9. The van der Waals surface area contributed by atoms with Gasteiger partial charge in [0.25, 0.3) is 0 Å². The van der Waals surface area contributed by atoms with E-state index in [-0.39, 0.29) is 6.54 Å². The van der Waals surface area contributed by atoms with E-state index in [1.807, 2.05) is 0 Å². The number of likely N-dealkylation sites (tertiary alicyclic amines) is 1. The summed E-state index contributed by atoms with van der Waals surface area (Å²) < 4.78 is 58.5. The lowest BCUT2D eigenvalue weighted by atomic mass is 9.95. The Morgan fingerprint density at radius 3 is 2.38 bits per heavy atom. The van der Waals surface area contributed by atoms with Gasteiger partial charge in [-0.05, 0) is 69.9 Å². The molecule has 0 saturated carbocycles. The van der Waals surface area contributed by atoms with Gasteiger partial charge in [0, 0.05) is 24.3 Å². The van der Waals surface area contributed by atoms with Crippen molar-refractivity contribution in [2.75, 3.05) is 11.9 Å². The summed E-state index contributed by atoms with van der Waals surface area (Å²) in [6.45, 7) is 6.14. The molecule has 1 unspecified atom stereocenters. The highest BCUT2D eigenvalue weighted by atomic mass is 19.4. The summed E-state index contributed by atoms with van der Waals surface area (Å²) in [5.74, 6) is -0.442. The lowest BCUT2D eigenvalue weighted by Gasteiger charge is -2.37. The molecule has 174 valence electrons. The molecule has 32 heavy (non-hydrogen) atoms. The Morgan fingerprint density at radius 2 is 1.78 bits per heavy atom. The van der Waals surface area contributed by atoms with Crippen molar-refractivity contribution < 1.29 is 27.1 Å². The average Bonchev–Trinajstić information content (AvgIpc) is 2.71. The first-order valence-electron chi connectivity index (χ1n) is 10.6. The number of piperidine rings is 1. The molecule has 0 spiro atoms. The van der Waals surface area contributed by atoms with Gasteiger partial charge in [-0.15, -0.1) is 0 Å². The molecule has 1 heterocycles. The molecule has 4 nitrogen and oxygen atoms in total.